The van der Waals surface area contributed by atoms with Gasteiger partial charge in [0.15, 0.2) is 5.78 Å². The molecular formula is C34H63N5O9. The molecule has 0 fully saturated rings. The molecule has 0 aromatic heterocycles. The van der Waals surface area contributed by atoms with Crippen LogP contribution in [0.15, 0.2) is 0 Å². The molecule has 0 rings (SSSR count). The van der Waals surface area contributed by atoms with E-state index in [2.05, 4.69) is 10.6 Å². The van der Waals surface area contributed by atoms with E-state index in [1.807, 2.05) is 27.7 Å². The molecule has 0 saturated carbocycles. The van der Waals surface area contributed by atoms with Gasteiger partial charge in [0.2, 0.25) is 17.7 Å². The van der Waals surface area contributed by atoms with Crippen molar-refractivity contribution in [3.05, 3.63) is 0 Å². The number of amides is 4. The predicted molar refractivity (Wildman–Crippen MR) is 182 cm³/mol. The zero-order valence-corrected chi connectivity index (χ0v) is 30.7. The van der Waals surface area contributed by atoms with Crippen LogP contribution in [0.3, 0.4) is 0 Å². The second-order valence-corrected chi connectivity index (χ2v) is 15.0. The minimum absolute atomic E-state index is 0.0292. The summed E-state index contributed by atoms with van der Waals surface area (Å²) >= 11 is 0. The first kappa shape index (κ1) is 45.1. The highest BCUT2D eigenvalue weighted by atomic mass is 16.4. The van der Waals surface area contributed by atoms with Gasteiger partial charge < -0.3 is 37.4 Å². The van der Waals surface area contributed by atoms with Gasteiger partial charge in [-0.1, -0.05) is 69.2 Å². The number of hydrogen-bond donors (Lipinski definition) is 7. The maximum atomic E-state index is 14.2. The van der Waals surface area contributed by atoms with Crippen LogP contribution in [-0.2, 0) is 28.8 Å². The van der Waals surface area contributed by atoms with Crippen molar-refractivity contribution in [2.24, 2.45) is 47.0 Å². The lowest BCUT2D eigenvalue weighted by atomic mass is 9.85. The number of nitrogens with two attached hydrogens (primary N) is 2. The van der Waals surface area contributed by atoms with E-state index in [-0.39, 0.29) is 42.4 Å². The predicted octanol–water partition coefficient (Wildman–Crippen LogP) is 1.19. The number of imide groups is 1. The largest absolute Gasteiger partial charge is 0.481 e. The summed E-state index contributed by atoms with van der Waals surface area (Å²) in [5.41, 5.74) is 12.1. The summed E-state index contributed by atoms with van der Waals surface area (Å²) in [6.45, 7) is 18.8. The van der Waals surface area contributed by atoms with Crippen molar-refractivity contribution >= 4 is 35.4 Å². The van der Waals surface area contributed by atoms with Crippen LogP contribution in [-0.4, -0.2) is 98.0 Å². The lowest BCUT2D eigenvalue weighted by Crippen LogP contribution is -2.61. The van der Waals surface area contributed by atoms with E-state index >= 15 is 0 Å². The van der Waals surface area contributed by atoms with Gasteiger partial charge in [-0.05, 0) is 49.4 Å². The smallest absolute Gasteiger partial charge is 0.316 e. The third-order valence-corrected chi connectivity index (χ3v) is 8.11. The number of hydrogen-bond acceptors (Lipinski definition) is 10. The first-order chi connectivity index (χ1) is 21.9. The van der Waals surface area contributed by atoms with Crippen LogP contribution in [0.5, 0.6) is 0 Å². The second-order valence-electron chi connectivity index (χ2n) is 15.0. The SMILES string of the molecule is CC(C)CC(=O)N[C@H](C(=O)N[C@H](C(=O)N(C(=O)CC(O)C(N)CC(C)C)[C@@H](C)C(=O)C(C(=O)O)C(O)C(N)CC(C)C)C(C)C)C(C)C. The number of aliphatic hydroxyl groups excluding tert-OH is 2. The topological polar surface area (TPSA) is 242 Å². The van der Waals surface area contributed by atoms with Gasteiger partial charge >= 0.3 is 5.97 Å². The van der Waals surface area contributed by atoms with Gasteiger partial charge in [-0.25, -0.2) is 0 Å². The molecule has 0 heterocycles. The van der Waals surface area contributed by atoms with Crippen LogP contribution in [0.4, 0.5) is 0 Å². The van der Waals surface area contributed by atoms with Gasteiger partial charge in [0.25, 0.3) is 5.91 Å². The summed E-state index contributed by atoms with van der Waals surface area (Å²) in [7, 11) is 0. The Morgan fingerprint density at radius 2 is 1.15 bits per heavy atom. The third kappa shape index (κ3) is 14.3. The Kier molecular flexibility index (Phi) is 19.3. The van der Waals surface area contributed by atoms with Crippen LogP contribution in [0.1, 0.15) is 102 Å². The number of nitrogens with one attached hydrogen (secondary N) is 2. The summed E-state index contributed by atoms with van der Waals surface area (Å²) in [5.74, 6) is -9.01. The Bertz CT molecular complexity index is 1090. The monoisotopic (exact) mass is 685 g/mol. The highest BCUT2D eigenvalue weighted by Gasteiger charge is 2.45. The molecule has 0 aliphatic carbocycles. The molecule has 0 bridgehead atoms. The third-order valence-electron chi connectivity index (χ3n) is 8.11. The molecule has 14 nitrogen and oxygen atoms in total. The summed E-state index contributed by atoms with van der Waals surface area (Å²) in [5, 5.41) is 36.9. The average molecular weight is 686 g/mol. The number of carboxylic acids is 1. The van der Waals surface area contributed by atoms with Crippen molar-refractivity contribution in [1.29, 1.82) is 0 Å². The Hall–Kier alpha value is -2.94. The molecule has 0 saturated heterocycles. The van der Waals surface area contributed by atoms with Gasteiger partial charge in [-0.15, -0.1) is 0 Å². The van der Waals surface area contributed by atoms with Gasteiger partial charge in [0.1, 0.15) is 18.0 Å². The minimum Gasteiger partial charge on any atom is -0.481 e. The quantitative estimate of drug-likeness (QED) is 0.0846. The van der Waals surface area contributed by atoms with Crippen molar-refractivity contribution in [2.75, 3.05) is 0 Å². The number of rotatable bonds is 21. The van der Waals surface area contributed by atoms with Crippen molar-refractivity contribution in [3.63, 3.8) is 0 Å². The van der Waals surface area contributed by atoms with Gasteiger partial charge in [-0.3, -0.25) is 33.7 Å². The lowest BCUT2D eigenvalue weighted by molar-refractivity contribution is -0.161. The molecule has 278 valence electrons. The lowest BCUT2D eigenvalue weighted by Gasteiger charge is -2.35. The van der Waals surface area contributed by atoms with E-state index in [1.165, 1.54) is 0 Å². The van der Waals surface area contributed by atoms with E-state index < -0.39 is 90.1 Å². The van der Waals surface area contributed by atoms with Gasteiger partial charge in [0.05, 0.1) is 24.7 Å². The van der Waals surface area contributed by atoms with E-state index in [0.29, 0.717) is 11.3 Å². The number of Topliss-reactive ketones (excluding diaryl/α,β-unsaturated/α-hetero) is 1. The molecule has 48 heavy (non-hydrogen) atoms. The maximum absolute atomic E-state index is 14.2. The van der Waals surface area contributed by atoms with Gasteiger partial charge in [0, 0.05) is 18.5 Å². The van der Waals surface area contributed by atoms with E-state index in [4.69, 9.17) is 11.5 Å². The molecule has 0 spiro atoms. The fourth-order valence-electron chi connectivity index (χ4n) is 5.46. The fourth-order valence-corrected chi connectivity index (χ4v) is 5.46. The molecule has 0 radical (unpaired) electrons. The Morgan fingerprint density at radius 3 is 1.56 bits per heavy atom. The zero-order chi connectivity index (χ0) is 37.8. The Morgan fingerprint density at radius 1 is 0.667 bits per heavy atom. The molecule has 5 unspecified atom stereocenters. The normalized spacial score (nSPS) is 17.0. The number of aliphatic carboxylic acids is 1. The molecule has 9 N–H and O–H groups in total. The van der Waals surface area contributed by atoms with Crippen LogP contribution >= 0.6 is 0 Å². The van der Waals surface area contributed by atoms with E-state index in [9.17, 15) is 44.1 Å². The molecule has 0 aliphatic heterocycles. The zero-order valence-electron chi connectivity index (χ0n) is 30.7. The Labute approximate surface area is 286 Å². The number of carbonyl (C=O) groups excluding carboxylic acids is 5. The molecule has 4 amide bonds. The first-order valence-electron chi connectivity index (χ1n) is 17.0. The van der Waals surface area contributed by atoms with Gasteiger partial charge in [-0.2, -0.15) is 0 Å². The average Bonchev–Trinajstić information content (AvgIpc) is 2.92. The summed E-state index contributed by atoms with van der Waals surface area (Å²) in [6, 6.07) is -6.12. The highest BCUT2D eigenvalue weighted by Crippen LogP contribution is 2.22. The van der Waals surface area contributed by atoms with E-state index in [0.717, 1.165) is 6.92 Å². The summed E-state index contributed by atoms with van der Waals surface area (Å²) < 4.78 is 0. The second kappa shape index (κ2) is 20.5. The molecule has 0 aromatic rings. The van der Waals surface area contributed by atoms with Crippen LogP contribution in [0.25, 0.3) is 0 Å². The fraction of sp³-hybridized carbons (Fsp3) is 0.824. The molecule has 8 atom stereocenters. The van der Waals surface area contributed by atoms with Crippen LogP contribution in [0, 0.1) is 35.5 Å². The van der Waals surface area contributed by atoms with Crippen LogP contribution < -0.4 is 22.1 Å². The molecule has 14 heteroatoms. The van der Waals surface area contributed by atoms with Crippen molar-refractivity contribution in [1.82, 2.24) is 15.5 Å². The molecule has 0 aliphatic rings. The number of ketones is 1. The highest BCUT2D eigenvalue weighted by molar-refractivity contribution is 6.08. The van der Waals surface area contributed by atoms with Crippen LogP contribution in [0.2, 0.25) is 0 Å². The molecule has 0 aromatic carbocycles. The van der Waals surface area contributed by atoms with Crippen molar-refractivity contribution in [3.8, 4) is 0 Å². The van der Waals surface area contributed by atoms with Crippen molar-refractivity contribution in [2.45, 2.75) is 144 Å². The first-order valence-corrected chi connectivity index (χ1v) is 17.0. The number of carboxylic acid groups (broad SMARTS) is 1. The summed E-state index contributed by atoms with van der Waals surface area (Å²) in [6.07, 6.45) is -3.21. The summed E-state index contributed by atoms with van der Waals surface area (Å²) in [4.78, 5) is 80.7. The Balaban J connectivity index is 6.79. The standard InChI is InChI=1S/C34H63N5O9/c1-16(2)12-22(35)24(40)15-26(42)39(21(11)30(43)27(34(47)48)31(44)23(36)13-17(3)4)33(46)29(20(9)10)38-32(45)28(19(7)8)37-25(41)14-18(5)6/h16-24,27-29,31,40,44H,12-15,35-36H2,1-11H3,(H,37,41)(H,38,45)(H,47,48)/t21-,22?,23?,24?,27?,28-,29-,31?/m0/s1. The maximum Gasteiger partial charge on any atom is 0.316 e. The minimum atomic E-state index is -2.08. The number of carbonyl (C=O) groups is 6. The van der Waals surface area contributed by atoms with Crippen molar-refractivity contribution < 1.29 is 44.1 Å². The number of aliphatic hydroxyl groups is 2. The molecular weight excluding hydrogens is 622 g/mol. The van der Waals surface area contributed by atoms with E-state index in [1.54, 1.807) is 41.5 Å². The number of nitrogens with zero attached hydrogens (tertiary/aromatic N) is 1.